The molecule has 0 fully saturated rings. The average Bonchev–Trinajstić information content (AvgIpc) is 3.17. The van der Waals surface area contributed by atoms with Crippen molar-refractivity contribution in [1.29, 1.82) is 0 Å². The number of unbranched alkanes of at least 4 members (excludes halogenated alkanes) is 3. The Labute approximate surface area is 200 Å². The number of fused-ring (bicyclic) bond motifs is 3. The van der Waals surface area contributed by atoms with Gasteiger partial charge in [-0.15, -0.1) is 0 Å². The Hall–Kier alpha value is -2.79. The monoisotopic (exact) mass is 466 g/mol. The summed E-state index contributed by atoms with van der Waals surface area (Å²) in [4.78, 5) is 24.0. The van der Waals surface area contributed by atoms with Gasteiger partial charge in [0, 0.05) is 30.0 Å². The van der Waals surface area contributed by atoms with Crippen LogP contribution in [-0.4, -0.2) is 30.1 Å². The van der Waals surface area contributed by atoms with Gasteiger partial charge in [-0.05, 0) is 55.9 Å². The van der Waals surface area contributed by atoms with E-state index in [4.69, 9.17) is 11.6 Å². The van der Waals surface area contributed by atoms with Crippen LogP contribution in [0.4, 0.5) is 0 Å². The number of rotatable bonds is 9. The Morgan fingerprint density at radius 2 is 1.82 bits per heavy atom. The zero-order chi connectivity index (χ0) is 23.2. The third-order valence-electron chi connectivity index (χ3n) is 6.57. The summed E-state index contributed by atoms with van der Waals surface area (Å²) < 4.78 is 6.93. The number of carbonyl (C=O) groups is 2. The number of para-hydroxylation sites is 2. The molecular formula is C27H31ClN2O3. The number of carbonyl (C=O) groups excluding carboxylic acids is 2. The predicted molar refractivity (Wildman–Crippen MR) is 132 cm³/mol. The van der Waals surface area contributed by atoms with Gasteiger partial charge in [0.05, 0.1) is 23.3 Å². The van der Waals surface area contributed by atoms with Crippen molar-refractivity contribution in [2.24, 2.45) is 5.92 Å². The molecule has 0 saturated carbocycles. The molecule has 1 aliphatic carbocycles. The van der Waals surface area contributed by atoms with E-state index < -0.39 is 0 Å². The summed E-state index contributed by atoms with van der Waals surface area (Å²) in [7, 11) is 1.42. The molecule has 5 nitrogen and oxygen atoms in total. The number of methoxy groups -OCH3 is 1. The number of esters is 1. The highest BCUT2D eigenvalue weighted by atomic mass is 35.5. The lowest BCUT2D eigenvalue weighted by atomic mass is 9.85. The molecule has 33 heavy (non-hydrogen) atoms. The summed E-state index contributed by atoms with van der Waals surface area (Å²) in [5, 5.41) is 5.06. The number of amides is 1. The van der Waals surface area contributed by atoms with Gasteiger partial charge in [0.15, 0.2) is 0 Å². The molecule has 2 aromatic carbocycles. The van der Waals surface area contributed by atoms with E-state index in [0.29, 0.717) is 13.0 Å². The zero-order valence-corrected chi connectivity index (χ0v) is 19.9. The standard InChI is InChI=1S/C27H31ClN2O3/c1-33-26(31)14-4-2-3-9-17-29-27(32)19-15-16-24-21(18-19)20-10-5-7-12-23(20)30(24)25-13-8-6-11-22(25)28/h5-8,10-13,19H,2-4,9,14-18H2,1H3,(H,29,32). The highest BCUT2D eigenvalue weighted by molar-refractivity contribution is 6.32. The smallest absolute Gasteiger partial charge is 0.305 e. The largest absolute Gasteiger partial charge is 0.469 e. The van der Waals surface area contributed by atoms with Crippen LogP contribution in [0.3, 0.4) is 0 Å². The average molecular weight is 467 g/mol. The zero-order valence-electron chi connectivity index (χ0n) is 19.1. The third-order valence-corrected chi connectivity index (χ3v) is 6.89. The summed E-state index contributed by atoms with van der Waals surface area (Å²) in [6.07, 6.45) is 6.63. The fourth-order valence-corrected chi connectivity index (χ4v) is 5.07. The minimum Gasteiger partial charge on any atom is -0.469 e. The van der Waals surface area contributed by atoms with Crippen molar-refractivity contribution in [2.45, 2.75) is 51.4 Å². The molecule has 1 heterocycles. The van der Waals surface area contributed by atoms with Crippen molar-refractivity contribution in [1.82, 2.24) is 9.88 Å². The molecule has 1 amide bonds. The van der Waals surface area contributed by atoms with E-state index in [1.54, 1.807) is 0 Å². The Morgan fingerprint density at radius 3 is 2.64 bits per heavy atom. The summed E-state index contributed by atoms with van der Waals surface area (Å²) in [6, 6.07) is 16.3. The quantitative estimate of drug-likeness (QED) is 0.328. The van der Waals surface area contributed by atoms with Crippen LogP contribution in [0.15, 0.2) is 48.5 Å². The summed E-state index contributed by atoms with van der Waals surface area (Å²) in [5.74, 6) is -0.0250. The first-order valence-corrected chi connectivity index (χ1v) is 12.2. The molecule has 4 rings (SSSR count). The number of nitrogens with one attached hydrogen (secondary N) is 1. The number of hydrogen-bond acceptors (Lipinski definition) is 3. The molecule has 0 bridgehead atoms. The number of aromatic nitrogens is 1. The second-order valence-corrected chi connectivity index (χ2v) is 9.11. The molecule has 1 atom stereocenters. The minimum atomic E-state index is -0.157. The van der Waals surface area contributed by atoms with Gasteiger partial charge in [-0.25, -0.2) is 0 Å². The molecule has 0 spiro atoms. The SMILES string of the molecule is COC(=O)CCCCCCNC(=O)C1CCc2c(c3ccccc3n2-c2ccccc2Cl)C1. The molecular weight excluding hydrogens is 436 g/mol. The normalized spacial score (nSPS) is 15.3. The van der Waals surface area contributed by atoms with Crippen molar-refractivity contribution in [3.05, 3.63) is 64.8 Å². The lowest BCUT2D eigenvalue weighted by Gasteiger charge is -2.24. The Kier molecular flexibility index (Phi) is 7.71. The molecule has 0 aliphatic heterocycles. The van der Waals surface area contributed by atoms with E-state index in [1.165, 1.54) is 23.8 Å². The molecule has 1 unspecified atom stereocenters. The van der Waals surface area contributed by atoms with Crippen LogP contribution in [-0.2, 0) is 27.2 Å². The fourth-order valence-electron chi connectivity index (χ4n) is 4.85. The molecule has 1 N–H and O–H groups in total. The van der Waals surface area contributed by atoms with Crippen LogP contribution in [0.25, 0.3) is 16.6 Å². The molecule has 174 valence electrons. The summed E-state index contributed by atoms with van der Waals surface area (Å²) in [5.41, 5.74) is 4.66. The van der Waals surface area contributed by atoms with E-state index in [2.05, 4.69) is 45.0 Å². The van der Waals surface area contributed by atoms with E-state index in [1.807, 2.05) is 18.2 Å². The maximum atomic E-state index is 12.9. The third kappa shape index (κ3) is 5.25. The van der Waals surface area contributed by atoms with Gasteiger partial charge in [0.1, 0.15) is 0 Å². The van der Waals surface area contributed by atoms with E-state index >= 15 is 0 Å². The van der Waals surface area contributed by atoms with Crippen LogP contribution in [0.1, 0.15) is 49.8 Å². The molecule has 0 radical (unpaired) electrons. The molecule has 3 aromatic rings. The summed E-state index contributed by atoms with van der Waals surface area (Å²) >= 11 is 6.56. The van der Waals surface area contributed by atoms with Crippen molar-refractivity contribution in [2.75, 3.05) is 13.7 Å². The highest BCUT2D eigenvalue weighted by Crippen LogP contribution is 2.38. The number of hydrogen-bond donors (Lipinski definition) is 1. The van der Waals surface area contributed by atoms with Gasteiger partial charge in [-0.2, -0.15) is 0 Å². The lowest BCUT2D eigenvalue weighted by molar-refractivity contribution is -0.140. The van der Waals surface area contributed by atoms with Gasteiger partial charge >= 0.3 is 5.97 Å². The van der Waals surface area contributed by atoms with Crippen molar-refractivity contribution in [3.63, 3.8) is 0 Å². The van der Waals surface area contributed by atoms with Gasteiger partial charge in [-0.1, -0.05) is 54.8 Å². The number of ether oxygens (including phenoxy) is 1. The van der Waals surface area contributed by atoms with E-state index in [0.717, 1.165) is 61.2 Å². The number of halogens is 1. The van der Waals surface area contributed by atoms with Crippen molar-refractivity contribution in [3.8, 4) is 5.69 Å². The Morgan fingerprint density at radius 1 is 1.06 bits per heavy atom. The van der Waals surface area contributed by atoms with Crippen molar-refractivity contribution >= 4 is 34.4 Å². The molecule has 6 heteroatoms. The van der Waals surface area contributed by atoms with Crippen LogP contribution in [0.2, 0.25) is 5.02 Å². The Balaban J connectivity index is 1.40. The van der Waals surface area contributed by atoms with Gasteiger partial charge in [-0.3, -0.25) is 9.59 Å². The van der Waals surface area contributed by atoms with Crippen LogP contribution in [0.5, 0.6) is 0 Å². The van der Waals surface area contributed by atoms with Crippen LogP contribution in [0, 0.1) is 5.92 Å². The van der Waals surface area contributed by atoms with Crippen LogP contribution >= 0.6 is 11.6 Å². The lowest BCUT2D eigenvalue weighted by Crippen LogP contribution is -2.34. The molecule has 1 aliphatic rings. The van der Waals surface area contributed by atoms with Gasteiger partial charge in [0.2, 0.25) is 5.91 Å². The first-order valence-electron chi connectivity index (χ1n) is 11.8. The maximum Gasteiger partial charge on any atom is 0.305 e. The fraction of sp³-hybridized carbons (Fsp3) is 0.407. The topological polar surface area (TPSA) is 60.3 Å². The second-order valence-electron chi connectivity index (χ2n) is 8.70. The van der Waals surface area contributed by atoms with Gasteiger partial charge < -0.3 is 14.6 Å². The summed E-state index contributed by atoms with van der Waals surface area (Å²) in [6.45, 7) is 0.682. The maximum absolute atomic E-state index is 12.9. The number of nitrogens with zero attached hydrogens (tertiary/aromatic N) is 1. The first kappa shape index (κ1) is 23.4. The number of benzene rings is 2. The molecule has 1 aromatic heterocycles. The van der Waals surface area contributed by atoms with Crippen molar-refractivity contribution < 1.29 is 14.3 Å². The molecule has 0 saturated heterocycles. The Bertz CT molecular complexity index is 1140. The van der Waals surface area contributed by atoms with E-state index in [-0.39, 0.29) is 17.8 Å². The van der Waals surface area contributed by atoms with Crippen LogP contribution < -0.4 is 5.32 Å². The minimum absolute atomic E-state index is 0.0117. The second kappa shape index (κ2) is 10.9. The van der Waals surface area contributed by atoms with Gasteiger partial charge in [0.25, 0.3) is 0 Å². The predicted octanol–water partition coefficient (Wildman–Crippen LogP) is 5.63. The first-order chi connectivity index (χ1) is 16.1. The highest BCUT2D eigenvalue weighted by Gasteiger charge is 2.29. The van der Waals surface area contributed by atoms with E-state index in [9.17, 15) is 9.59 Å².